The Bertz CT molecular complexity index is 750. The van der Waals surface area contributed by atoms with Gasteiger partial charge in [0.25, 0.3) is 0 Å². The summed E-state index contributed by atoms with van der Waals surface area (Å²) in [6, 6.07) is 15.3. The van der Waals surface area contributed by atoms with E-state index in [0.717, 1.165) is 56.3 Å². The van der Waals surface area contributed by atoms with Crippen molar-refractivity contribution in [3.63, 3.8) is 0 Å². The van der Waals surface area contributed by atoms with Crippen molar-refractivity contribution in [2.75, 3.05) is 44.9 Å². The van der Waals surface area contributed by atoms with E-state index in [-0.39, 0.29) is 6.10 Å². The van der Waals surface area contributed by atoms with E-state index in [2.05, 4.69) is 39.0 Å². The summed E-state index contributed by atoms with van der Waals surface area (Å²) < 4.78 is 11.5. The number of rotatable bonds is 6. The second-order valence-corrected chi connectivity index (χ2v) is 8.43. The lowest BCUT2D eigenvalue weighted by Crippen LogP contribution is -2.58. The summed E-state index contributed by atoms with van der Waals surface area (Å²) in [5.41, 5.74) is 1.31. The second-order valence-electron chi connectivity index (χ2n) is 8.00. The van der Waals surface area contributed by atoms with Gasteiger partial charge in [0.15, 0.2) is 0 Å². The van der Waals surface area contributed by atoms with Crippen LogP contribution in [0.1, 0.15) is 18.4 Å². The van der Waals surface area contributed by atoms with E-state index < -0.39 is 0 Å². The number of piperidine rings is 1. The quantitative estimate of drug-likeness (QED) is 0.719. The highest BCUT2D eigenvalue weighted by Crippen LogP contribution is 2.27. The number of nitrogens with zero attached hydrogens (tertiary/aromatic N) is 3. The first-order valence-electron chi connectivity index (χ1n) is 10.5. The Balaban J connectivity index is 1.42. The van der Waals surface area contributed by atoms with Crippen LogP contribution in [0.25, 0.3) is 0 Å². The first kappa shape index (κ1) is 20.6. The van der Waals surface area contributed by atoms with Gasteiger partial charge in [0.05, 0.1) is 19.3 Å². The normalized spacial score (nSPS) is 24.0. The number of ether oxygens (including phenoxy) is 2. The van der Waals surface area contributed by atoms with E-state index in [0.29, 0.717) is 18.7 Å². The van der Waals surface area contributed by atoms with E-state index in [4.69, 9.17) is 21.1 Å². The van der Waals surface area contributed by atoms with Crippen LogP contribution in [0.15, 0.2) is 48.7 Å². The monoisotopic (exact) mass is 415 g/mol. The summed E-state index contributed by atoms with van der Waals surface area (Å²) in [5.74, 6) is 1.09. The Kier molecular flexibility index (Phi) is 7.03. The van der Waals surface area contributed by atoms with Crippen LogP contribution in [0.5, 0.6) is 0 Å². The Morgan fingerprint density at radius 3 is 2.62 bits per heavy atom. The molecule has 3 heterocycles. The van der Waals surface area contributed by atoms with Crippen molar-refractivity contribution >= 4 is 17.4 Å². The van der Waals surface area contributed by atoms with Crippen molar-refractivity contribution in [1.82, 2.24) is 9.88 Å². The van der Waals surface area contributed by atoms with E-state index in [1.54, 1.807) is 7.11 Å². The summed E-state index contributed by atoms with van der Waals surface area (Å²) >= 11 is 6.06. The number of benzene rings is 1. The fourth-order valence-corrected chi connectivity index (χ4v) is 4.68. The van der Waals surface area contributed by atoms with Gasteiger partial charge in [-0.15, -0.1) is 0 Å². The molecule has 2 saturated heterocycles. The topological polar surface area (TPSA) is 37.8 Å². The molecule has 0 saturated carbocycles. The van der Waals surface area contributed by atoms with Gasteiger partial charge in [-0.1, -0.05) is 29.8 Å². The van der Waals surface area contributed by atoms with Crippen LogP contribution in [-0.4, -0.2) is 68.0 Å². The van der Waals surface area contributed by atoms with Gasteiger partial charge in [0.1, 0.15) is 5.82 Å². The molecule has 0 N–H and O–H groups in total. The van der Waals surface area contributed by atoms with Gasteiger partial charge in [-0.05, 0) is 49.1 Å². The van der Waals surface area contributed by atoms with Gasteiger partial charge in [-0.25, -0.2) is 4.98 Å². The van der Waals surface area contributed by atoms with E-state index in [1.165, 1.54) is 5.56 Å². The third-order valence-corrected chi connectivity index (χ3v) is 6.30. The standard InChI is InChI=1S/C23H30ClN3O2/c1-28-17-22-15-27(21(16-29-22)14-18-5-7-19(24)8-6-18)20-9-12-26(13-10-20)23-4-2-3-11-25-23/h2-8,11,20-22H,9-10,12-17H2,1H3. The van der Waals surface area contributed by atoms with Gasteiger partial charge in [-0.3, -0.25) is 4.90 Å². The number of hydrogen-bond donors (Lipinski definition) is 0. The van der Waals surface area contributed by atoms with Crippen LogP contribution in [0.3, 0.4) is 0 Å². The molecule has 156 valence electrons. The summed E-state index contributed by atoms with van der Waals surface area (Å²) in [7, 11) is 1.75. The number of methoxy groups -OCH3 is 1. The first-order chi connectivity index (χ1) is 14.2. The lowest BCUT2D eigenvalue weighted by atomic mass is 9.96. The number of morpholine rings is 1. The molecular weight excluding hydrogens is 386 g/mol. The van der Waals surface area contributed by atoms with Crippen LogP contribution in [0, 0.1) is 0 Å². The van der Waals surface area contributed by atoms with Crippen molar-refractivity contribution in [2.24, 2.45) is 0 Å². The molecule has 0 aliphatic carbocycles. The predicted molar refractivity (Wildman–Crippen MR) is 117 cm³/mol. The molecule has 2 aromatic rings. The Labute approximate surface area is 178 Å². The molecule has 6 heteroatoms. The van der Waals surface area contributed by atoms with Crippen LogP contribution >= 0.6 is 11.6 Å². The Morgan fingerprint density at radius 2 is 1.93 bits per heavy atom. The number of anilines is 1. The molecule has 0 amide bonds. The van der Waals surface area contributed by atoms with Gasteiger partial charge < -0.3 is 14.4 Å². The SMILES string of the molecule is COCC1CN(C2CCN(c3ccccn3)CC2)C(Cc2ccc(Cl)cc2)CO1. The third kappa shape index (κ3) is 5.28. The van der Waals surface area contributed by atoms with Crippen LogP contribution in [0.4, 0.5) is 5.82 Å². The molecular formula is C23H30ClN3O2. The molecule has 2 fully saturated rings. The fourth-order valence-electron chi connectivity index (χ4n) is 4.55. The summed E-state index contributed by atoms with van der Waals surface area (Å²) in [6.45, 7) is 4.41. The third-order valence-electron chi connectivity index (χ3n) is 6.05. The van der Waals surface area contributed by atoms with Crippen LogP contribution in [0.2, 0.25) is 5.02 Å². The van der Waals surface area contributed by atoms with Crippen molar-refractivity contribution in [3.05, 3.63) is 59.2 Å². The molecule has 2 unspecified atom stereocenters. The minimum Gasteiger partial charge on any atom is -0.382 e. The minimum absolute atomic E-state index is 0.148. The first-order valence-corrected chi connectivity index (χ1v) is 10.9. The smallest absolute Gasteiger partial charge is 0.128 e. The summed E-state index contributed by atoms with van der Waals surface area (Å²) in [5, 5.41) is 0.785. The number of hydrogen-bond acceptors (Lipinski definition) is 5. The zero-order valence-electron chi connectivity index (χ0n) is 17.0. The number of aromatic nitrogens is 1. The molecule has 1 aromatic heterocycles. The molecule has 0 radical (unpaired) electrons. The molecule has 29 heavy (non-hydrogen) atoms. The molecule has 1 aromatic carbocycles. The largest absolute Gasteiger partial charge is 0.382 e. The Hall–Kier alpha value is -1.66. The molecule has 2 aliphatic rings. The van der Waals surface area contributed by atoms with Crippen molar-refractivity contribution < 1.29 is 9.47 Å². The van der Waals surface area contributed by atoms with Crippen LogP contribution < -0.4 is 4.90 Å². The maximum Gasteiger partial charge on any atom is 0.128 e. The molecule has 5 nitrogen and oxygen atoms in total. The molecule has 0 bridgehead atoms. The lowest BCUT2D eigenvalue weighted by Gasteiger charge is -2.47. The van der Waals surface area contributed by atoms with Gasteiger partial charge in [-0.2, -0.15) is 0 Å². The van der Waals surface area contributed by atoms with E-state index >= 15 is 0 Å². The maximum atomic E-state index is 6.13. The average molecular weight is 416 g/mol. The second kappa shape index (κ2) is 9.90. The Morgan fingerprint density at radius 1 is 1.14 bits per heavy atom. The van der Waals surface area contributed by atoms with Gasteiger partial charge in [0.2, 0.25) is 0 Å². The molecule has 4 rings (SSSR count). The highest BCUT2D eigenvalue weighted by atomic mass is 35.5. The number of pyridine rings is 1. The lowest BCUT2D eigenvalue weighted by molar-refractivity contribution is -0.103. The van der Waals surface area contributed by atoms with Gasteiger partial charge in [0, 0.05) is 50.0 Å². The van der Waals surface area contributed by atoms with E-state index in [9.17, 15) is 0 Å². The highest BCUT2D eigenvalue weighted by molar-refractivity contribution is 6.30. The molecule has 2 aliphatic heterocycles. The molecule has 2 atom stereocenters. The molecule has 0 spiro atoms. The zero-order valence-corrected chi connectivity index (χ0v) is 17.8. The summed E-state index contributed by atoms with van der Waals surface area (Å²) in [6.07, 6.45) is 5.30. The zero-order chi connectivity index (χ0) is 20.1. The predicted octanol–water partition coefficient (Wildman–Crippen LogP) is 3.66. The minimum atomic E-state index is 0.148. The average Bonchev–Trinajstić information content (AvgIpc) is 2.77. The fraction of sp³-hybridized carbons (Fsp3) is 0.522. The van der Waals surface area contributed by atoms with Crippen molar-refractivity contribution in [3.8, 4) is 0 Å². The van der Waals surface area contributed by atoms with Gasteiger partial charge >= 0.3 is 0 Å². The van der Waals surface area contributed by atoms with E-state index in [1.807, 2.05) is 24.4 Å². The summed E-state index contributed by atoms with van der Waals surface area (Å²) in [4.78, 5) is 9.60. The van der Waals surface area contributed by atoms with Crippen molar-refractivity contribution in [2.45, 2.75) is 37.5 Å². The maximum absolute atomic E-state index is 6.13. The number of halogens is 1. The van der Waals surface area contributed by atoms with Crippen molar-refractivity contribution in [1.29, 1.82) is 0 Å². The van der Waals surface area contributed by atoms with Crippen LogP contribution in [-0.2, 0) is 15.9 Å². The highest BCUT2D eigenvalue weighted by Gasteiger charge is 2.35.